The van der Waals surface area contributed by atoms with Crippen molar-refractivity contribution in [2.75, 3.05) is 6.61 Å². The lowest BCUT2D eigenvalue weighted by Crippen LogP contribution is -2.34. The lowest BCUT2D eigenvalue weighted by molar-refractivity contribution is -0.139. The van der Waals surface area contributed by atoms with E-state index < -0.39 is 5.60 Å². The molecule has 0 aliphatic heterocycles. The molecular weight excluding hydrogens is 164 g/mol. The molecule has 0 aromatic carbocycles. The lowest BCUT2D eigenvalue weighted by atomic mass is 9.98. The third kappa shape index (κ3) is 5.04. The van der Waals surface area contributed by atoms with Crippen molar-refractivity contribution >= 4 is 5.78 Å². The molecule has 0 fully saturated rings. The van der Waals surface area contributed by atoms with Crippen LogP contribution in [-0.4, -0.2) is 18.0 Å². The van der Waals surface area contributed by atoms with Gasteiger partial charge >= 0.3 is 0 Å². The second-order valence-corrected chi connectivity index (χ2v) is 3.82. The first kappa shape index (κ1) is 12.6. The molecule has 0 aliphatic rings. The Hall–Kier alpha value is -0.370. The van der Waals surface area contributed by atoms with Crippen LogP contribution in [0.3, 0.4) is 0 Å². The van der Waals surface area contributed by atoms with Crippen LogP contribution >= 0.6 is 0 Å². The van der Waals surface area contributed by atoms with Crippen molar-refractivity contribution in [1.82, 2.24) is 0 Å². The third-order valence-corrected chi connectivity index (χ3v) is 2.18. The molecule has 13 heavy (non-hydrogen) atoms. The van der Waals surface area contributed by atoms with Crippen molar-refractivity contribution in [2.24, 2.45) is 0 Å². The quantitative estimate of drug-likeness (QED) is 0.571. The smallest absolute Gasteiger partial charge is 0.164 e. The van der Waals surface area contributed by atoms with Gasteiger partial charge in [0.1, 0.15) is 5.60 Å². The molecule has 0 rings (SSSR count). The van der Waals surface area contributed by atoms with Gasteiger partial charge < -0.3 is 4.74 Å². The van der Waals surface area contributed by atoms with Crippen LogP contribution in [0, 0.1) is 0 Å². The Morgan fingerprint density at radius 3 is 2.31 bits per heavy atom. The molecule has 0 saturated carbocycles. The Bertz CT molecular complexity index is 150. The van der Waals surface area contributed by atoms with E-state index in [0.717, 1.165) is 19.3 Å². The average Bonchev–Trinajstić information content (AvgIpc) is 2.04. The van der Waals surface area contributed by atoms with E-state index in [4.69, 9.17) is 4.74 Å². The molecule has 0 heterocycles. The van der Waals surface area contributed by atoms with Crippen LogP contribution < -0.4 is 0 Å². The molecule has 2 nitrogen and oxygen atoms in total. The predicted octanol–water partition coefficient (Wildman–Crippen LogP) is 2.95. The summed E-state index contributed by atoms with van der Waals surface area (Å²) in [5, 5.41) is 0. The molecule has 0 amide bonds. The fourth-order valence-electron chi connectivity index (χ4n) is 1.28. The molecular formula is C11H22O2. The largest absolute Gasteiger partial charge is 0.368 e. The van der Waals surface area contributed by atoms with E-state index in [-0.39, 0.29) is 5.78 Å². The number of rotatable bonds is 7. The van der Waals surface area contributed by atoms with E-state index in [1.54, 1.807) is 0 Å². The van der Waals surface area contributed by atoms with Crippen molar-refractivity contribution in [1.29, 1.82) is 0 Å². The number of carbonyl (C=O) groups excluding carboxylic acids is 1. The summed E-state index contributed by atoms with van der Waals surface area (Å²) in [7, 11) is 0. The first-order chi connectivity index (χ1) is 6.04. The maximum Gasteiger partial charge on any atom is 0.164 e. The van der Waals surface area contributed by atoms with E-state index in [1.807, 2.05) is 20.8 Å². The minimum Gasteiger partial charge on any atom is -0.368 e. The van der Waals surface area contributed by atoms with E-state index in [9.17, 15) is 4.79 Å². The van der Waals surface area contributed by atoms with Gasteiger partial charge in [0.25, 0.3) is 0 Å². The zero-order valence-corrected chi connectivity index (χ0v) is 9.35. The van der Waals surface area contributed by atoms with Crippen molar-refractivity contribution in [3.05, 3.63) is 0 Å². The zero-order chi connectivity index (χ0) is 10.3. The minimum absolute atomic E-state index is 0.225. The average molecular weight is 186 g/mol. The van der Waals surface area contributed by atoms with Gasteiger partial charge in [0, 0.05) is 13.0 Å². The molecule has 0 bridgehead atoms. The molecule has 0 atom stereocenters. The van der Waals surface area contributed by atoms with Crippen molar-refractivity contribution in [3.63, 3.8) is 0 Å². The van der Waals surface area contributed by atoms with Gasteiger partial charge in [0.15, 0.2) is 5.78 Å². The zero-order valence-electron chi connectivity index (χ0n) is 9.35. The number of ketones is 1. The molecule has 78 valence electrons. The third-order valence-electron chi connectivity index (χ3n) is 2.18. The molecule has 0 radical (unpaired) electrons. The van der Waals surface area contributed by atoms with Crippen molar-refractivity contribution in [3.8, 4) is 0 Å². The van der Waals surface area contributed by atoms with Gasteiger partial charge in [0.05, 0.1) is 0 Å². The maximum atomic E-state index is 11.6. The van der Waals surface area contributed by atoms with E-state index >= 15 is 0 Å². The van der Waals surface area contributed by atoms with Gasteiger partial charge in [-0.25, -0.2) is 0 Å². The Labute approximate surface area is 81.7 Å². The normalized spacial score (nSPS) is 11.7. The Kier molecular flexibility index (Phi) is 5.97. The summed E-state index contributed by atoms with van der Waals surface area (Å²) >= 11 is 0. The lowest BCUT2D eigenvalue weighted by Gasteiger charge is -2.22. The summed E-state index contributed by atoms with van der Waals surface area (Å²) in [5.74, 6) is 0.225. The predicted molar refractivity (Wildman–Crippen MR) is 54.9 cm³/mol. The first-order valence-electron chi connectivity index (χ1n) is 5.21. The molecule has 0 aromatic rings. The monoisotopic (exact) mass is 186 g/mol. The molecule has 0 aromatic heterocycles. The van der Waals surface area contributed by atoms with Crippen molar-refractivity contribution < 1.29 is 9.53 Å². The Morgan fingerprint density at radius 2 is 1.85 bits per heavy atom. The van der Waals surface area contributed by atoms with Gasteiger partial charge in [-0.3, -0.25) is 4.79 Å². The SMILES string of the molecule is CCCCCC(=O)C(C)(C)OCC. The van der Waals surface area contributed by atoms with Crippen molar-refractivity contribution in [2.45, 2.75) is 59.0 Å². The first-order valence-corrected chi connectivity index (χ1v) is 5.21. The Balaban J connectivity index is 3.80. The second-order valence-electron chi connectivity index (χ2n) is 3.82. The number of hydrogen-bond acceptors (Lipinski definition) is 2. The highest BCUT2D eigenvalue weighted by Crippen LogP contribution is 2.14. The Morgan fingerprint density at radius 1 is 1.23 bits per heavy atom. The molecule has 0 unspecified atom stereocenters. The highest BCUT2D eigenvalue weighted by atomic mass is 16.5. The molecule has 0 saturated heterocycles. The van der Waals surface area contributed by atoms with Crippen LogP contribution in [-0.2, 0) is 9.53 Å². The molecule has 2 heteroatoms. The van der Waals surface area contributed by atoms with Gasteiger partial charge in [-0.2, -0.15) is 0 Å². The van der Waals surface area contributed by atoms with Gasteiger partial charge in [0.2, 0.25) is 0 Å². The van der Waals surface area contributed by atoms with Crippen LogP contribution in [0.1, 0.15) is 53.4 Å². The molecule has 0 spiro atoms. The summed E-state index contributed by atoms with van der Waals surface area (Å²) in [6.07, 6.45) is 3.93. The summed E-state index contributed by atoms with van der Waals surface area (Å²) < 4.78 is 5.37. The molecule has 0 aliphatic carbocycles. The minimum atomic E-state index is -0.581. The summed E-state index contributed by atoms with van der Waals surface area (Å²) in [6, 6.07) is 0. The van der Waals surface area contributed by atoms with Gasteiger partial charge in [-0.05, 0) is 27.2 Å². The number of carbonyl (C=O) groups is 1. The highest BCUT2D eigenvalue weighted by Gasteiger charge is 2.26. The number of hydrogen-bond donors (Lipinski definition) is 0. The maximum absolute atomic E-state index is 11.6. The van der Waals surface area contributed by atoms with E-state index in [1.165, 1.54) is 0 Å². The van der Waals surface area contributed by atoms with Crippen LogP contribution in [0.2, 0.25) is 0 Å². The van der Waals surface area contributed by atoms with Crippen LogP contribution in [0.4, 0.5) is 0 Å². The summed E-state index contributed by atoms with van der Waals surface area (Å²) in [6.45, 7) is 8.36. The van der Waals surface area contributed by atoms with Crippen LogP contribution in [0.25, 0.3) is 0 Å². The fourth-order valence-corrected chi connectivity index (χ4v) is 1.28. The summed E-state index contributed by atoms with van der Waals surface area (Å²) in [5.41, 5.74) is -0.581. The number of Topliss-reactive ketones (excluding diaryl/α,β-unsaturated/α-hetero) is 1. The fraction of sp³-hybridized carbons (Fsp3) is 0.909. The molecule has 0 N–H and O–H groups in total. The van der Waals surface area contributed by atoms with E-state index in [2.05, 4.69) is 6.92 Å². The number of unbranched alkanes of at least 4 members (excludes halogenated alkanes) is 2. The van der Waals surface area contributed by atoms with E-state index in [0.29, 0.717) is 13.0 Å². The highest BCUT2D eigenvalue weighted by molar-refractivity contribution is 5.86. The number of ether oxygens (including phenoxy) is 1. The van der Waals surface area contributed by atoms with Gasteiger partial charge in [-0.15, -0.1) is 0 Å². The van der Waals surface area contributed by atoms with Crippen LogP contribution in [0.5, 0.6) is 0 Å². The van der Waals surface area contributed by atoms with Crippen LogP contribution in [0.15, 0.2) is 0 Å². The summed E-state index contributed by atoms with van der Waals surface area (Å²) in [4.78, 5) is 11.6. The topological polar surface area (TPSA) is 26.3 Å². The standard InChI is InChI=1S/C11H22O2/c1-5-7-8-9-10(12)11(3,4)13-6-2/h5-9H2,1-4H3. The van der Waals surface area contributed by atoms with Gasteiger partial charge in [-0.1, -0.05) is 19.8 Å². The second kappa shape index (κ2) is 6.14.